The monoisotopic (exact) mass is 227 g/mol. The molecular weight excluding hydrogens is 202 g/mol. The van der Waals surface area contributed by atoms with E-state index in [1.807, 2.05) is 0 Å². The lowest BCUT2D eigenvalue weighted by atomic mass is 9.95. The molecule has 1 aliphatic heterocycles. The molecule has 1 heterocycles. The lowest BCUT2D eigenvalue weighted by molar-refractivity contribution is 0.00557. The molecule has 0 aliphatic carbocycles. The van der Waals surface area contributed by atoms with Crippen molar-refractivity contribution in [2.24, 2.45) is 11.7 Å². The predicted octanol–water partition coefficient (Wildman–Crippen LogP) is 1.45. The van der Waals surface area contributed by atoms with Crippen molar-refractivity contribution >= 4 is 5.84 Å². The number of hydrogen-bond donors (Lipinski definition) is 2. The van der Waals surface area contributed by atoms with Gasteiger partial charge < -0.3 is 15.4 Å². The number of piperidine rings is 1. The third kappa shape index (κ3) is 4.10. The maximum absolute atomic E-state index is 7.42. The first-order valence-corrected chi connectivity index (χ1v) is 6.06. The van der Waals surface area contributed by atoms with Gasteiger partial charge in [-0.25, -0.2) is 0 Å². The number of nitrogens with zero attached hydrogens (tertiary/aromatic N) is 1. The van der Waals surface area contributed by atoms with E-state index in [1.54, 1.807) is 7.11 Å². The van der Waals surface area contributed by atoms with Gasteiger partial charge in [-0.05, 0) is 46.2 Å². The Morgan fingerprint density at radius 3 is 2.44 bits per heavy atom. The fourth-order valence-electron chi connectivity index (χ4n) is 2.00. The third-order valence-corrected chi connectivity index (χ3v) is 3.61. The largest absolute Gasteiger partial charge is 0.387 e. The van der Waals surface area contributed by atoms with Crippen molar-refractivity contribution in [3.05, 3.63) is 0 Å². The number of likely N-dealkylation sites (tertiary alicyclic amines) is 1. The van der Waals surface area contributed by atoms with Crippen LogP contribution < -0.4 is 5.73 Å². The second-order valence-electron chi connectivity index (χ2n) is 5.29. The molecule has 0 bridgehead atoms. The maximum atomic E-state index is 7.42. The quantitative estimate of drug-likeness (QED) is 0.552. The molecule has 0 saturated carbocycles. The third-order valence-electron chi connectivity index (χ3n) is 3.61. The van der Waals surface area contributed by atoms with E-state index in [0.29, 0.717) is 11.8 Å². The van der Waals surface area contributed by atoms with Crippen molar-refractivity contribution in [1.29, 1.82) is 5.41 Å². The van der Waals surface area contributed by atoms with Crippen molar-refractivity contribution in [2.45, 2.75) is 38.7 Å². The van der Waals surface area contributed by atoms with Gasteiger partial charge in [-0.1, -0.05) is 0 Å². The molecule has 16 heavy (non-hydrogen) atoms. The van der Waals surface area contributed by atoms with Crippen LogP contribution in [0, 0.1) is 11.3 Å². The molecule has 0 unspecified atom stereocenters. The summed E-state index contributed by atoms with van der Waals surface area (Å²) in [5, 5.41) is 7.42. The predicted molar refractivity (Wildman–Crippen MR) is 66.8 cm³/mol. The molecule has 1 fully saturated rings. The Bertz CT molecular complexity index is 232. The molecule has 0 aromatic rings. The SMILES string of the molecule is COC(C)(C)CCN1CCC(C(=N)N)CC1. The minimum Gasteiger partial charge on any atom is -0.387 e. The Labute approximate surface area is 98.6 Å². The van der Waals surface area contributed by atoms with E-state index in [0.717, 1.165) is 38.9 Å². The minimum absolute atomic E-state index is 0.0303. The second kappa shape index (κ2) is 5.64. The van der Waals surface area contributed by atoms with Gasteiger partial charge in [-0.2, -0.15) is 0 Å². The Kier molecular flexibility index (Phi) is 4.74. The van der Waals surface area contributed by atoms with Gasteiger partial charge in [0, 0.05) is 19.6 Å². The molecule has 94 valence electrons. The molecular formula is C12H25N3O. The highest BCUT2D eigenvalue weighted by Gasteiger charge is 2.23. The minimum atomic E-state index is -0.0303. The van der Waals surface area contributed by atoms with Crippen molar-refractivity contribution in [1.82, 2.24) is 4.90 Å². The molecule has 4 heteroatoms. The number of nitrogens with one attached hydrogen (secondary N) is 1. The van der Waals surface area contributed by atoms with Gasteiger partial charge in [0.15, 0.2) is 0 Å². The summed E-state index contributed by atoms with van der Waals surface area (Å²) in [6.45, 7) is 7.43. The topological polar surface area (TPSA) is 62.3 Å². The van der Waals surface area contributed by atoms with Crippen LogP contribution in [0.3, 0.4) is 0 Å². The lowest BCUT2D eigenvalue weighted by Crippen LogP contribution is -2.40. The Morgan fingerprint density at radius 1 is 1.44 bits per heavy atom. The summed E-state index contributed by atoms with van der Waals surface area (Å²) in [7, 11) is 1.77. The zero-order valence-electron chi connectivity index (χ0n) is 10.8. The highest BCUT2D eigenvalue weighted by Crippen LogP contribution is 2.19. The van der Waals surface area contributed by atoms with Crippen LogP contribution in [0.5, 0.6) is 0 Å². The lowest BCUT2D eigenvalue weighted by Gasteiger charge is -2.33. The van der Waals surface area contributed by atoms with E-state index in [-0.39, 0.29) is 5.60 Å². The van der Waals surface area contributed by atoms with Crippen LogP contribution in [0.1, 0.15) is 33.1 Å². The van der Waals surface area contributed by atoms with E-state index in [4.69, 9.17) is 15.9 Å². The molecule has 1 rings (SSSR count). The van der Waals surface area contributed by atoms with Crippen molar-refractivity contribution in [3.8, 4) is 0 Å². The number of ether oxygens (including phenoxy) is 1. The van der Waals surface area contributed by atoms with Crippen LogP contribution in [-0.2, 0) is 4.74 Å². The Hall–Kier alpha value is -0.610. The summed E-state index contributed by atoms with van der Waals surface area (Å²) >= 11 is 0. The summed E-state index contributed by atoms with van der Waals surface area (Å²) in [6.07, 6.45) is 3.11. The van der Waals surface area contributed by atoms with Gasteiger partial charge in [0.2, 0.25) is 0 Å². The van der Waals surface area contributed by atoms with Crippen molar-refractivity contribution < 1.29 is 4.74 Å². The fraction of sp³-hybridized carbons (Fsp3) is 0.917. The normalized spacial score (nSPS) is 19.9. The van der Waals surface area contributed by atoms with Crippen LogP contribution in [0.15, 0.2) is 0 Å². The van der Waals surface area contributed by atoms with Crippen LogP contribution >= 0.6 is 0 Å². The number of methoxy groups -OCH3 is 1. The van der Waals surface area contributed by atoms with Gasteiger partial charge in [0.25, 0.3) is 0 Å². The first-order chi connectivity index (χ1) is 7.44. The van der Waals surface area contributed by atoms with Gasteiger partial charge in [0.05, 0.1) is 11.4 Å². The van der Waals surface area contributed by atoms with Crippen LogP contribution in [0.25, 0.3) is 0 Å². The summed E-state index contributed by atoms with van der Waals surface area (Å²) in [5.41, 5.74) is 5.49. The zero-order valence-corrected chi connectivity index (χ0v) is 10.8. The summed E-state index contributed by atoms with van der Waals surface area (Å²) in [6, 6.07) is 0. The van der Waals surface area contributed by atoms with Crippen molar-refractivity contribution in [2.75, 3.05) is 26.7 Å². The first kappa shape index (κ1) is 13.5. The molecule has 0 amide bonds. The molecule has 4 nitrogen and oxygen atoms in total. The average molecular weight is 227 g/mol. The highest BCUT2D eigenvalue weighted by molar-refractivity contribution is 5.79. The summed E-state index contributed by atoms with van der Waals surface area (Å²) < 4.78 is 5.41. The van der Waals surface area contributed by atoms with Gasteiger partial charge in [0.1, 0.15) is 0 Å². The first-order valence-electron chi connectivity index (χ1n) is 6.06. The summed E-state index contributed by atoms with van der Waals surface area (Å²) in [5.74, 6) is 0.670. The van der Waals surface area contributed by atoms with Gasteiger partial charge in [-0.15, -0.1) is 0 Å². The number of rotatable bonds is 5. The Balaban J connectivity index is 2.25. The molecule has 0 aromatic heterocycles. The smallest absolute Gasteiger partial charge is 0.0937 e. The van der Waals surface area contributed by atoms with Gasteiger partial charge in [-0.3, -0.25) is 5.41 Å². The van der Waals surface area contributed by atoms with Crippen molar-refractivity contribution in [3.63, 3.8) is 0 Å². The maximum Gasteiger partial charge on any atom is 0.0937 e. The van der Waals surface area contributed by atoms with Gasteiger partial charge >= 0.3 is 0 Å². The fourth-order valence-corrected chi connectivity index (χ4v) is 2.00. The molecule has 0 aromatic carbocycles. The van der Waals surface area contributed by atoms with E-state index >= 15 is 0 Å². The number of hydrogen-bond acceptors (Lipinski definition) is 3. The molecule has 0 atom stereocenters. The van der Waals surface area contributed by atoms with E-state index < -0.39 is 0 Å². The number of amidine groups is 1. The average Bonchev–Trinajstić information content (AvgIpc) is 2.27. The van der Waals surface area contributed by atoms with Crippen LogP contribution in [-0.4, -0.2) is 43.1 Å². The number of nitrogens with two attached hydrogens (primary N) is 1. The van der Waals surface area contributed by atoms with E-state index in [2.05, 4.69) is 18.7 Å². The van der Waals surface area contributed by atoms with E-state index in [1.165, 1.54) is 0 Å². The zero-order chi connectivity index (χ0) is 12.2. The highest BCUT2D eigenvalue weighted by atomic mass is 16.5. The second-order valence-corrected chi connectivity index (χ2v) is 5.29. The Morgan fingerprint density at radius 2 is 2.00 bits per heavy atom. The molecule has 0 spiro atoms. The molecule has 1 aliphatic rings. The van der Waals surface area contributed by atoms with Crippen LogP contribution in [0.4, 0.5) is 0 Å². The molecule has 1 saturated heterocycles. The summed E-state index contributed by atoms with van der Waals surface area (Å²) in [4.78, 5) is 2.44. The molecule has 3 N–H and O–H groups in total. The van der Waals surface area contributed by atoms with Crippen LogP contribution in [0.2, 0.25) is 0 Å². The molecule has 0 radical (unpaired) electrons. The standard InChI is InChI=1S/C12H25N3O/c1-12(2,16-3)6-9-15-7-4-10(5-8-15)11(13)14/h10H,4-9H2,1-3H3,(H3,13,14). The van der Waals surface area contributed by atoms with E-state index in [9.17, 15) is 0 Å².